The molecular formula is C15H17N3OS. The summed E-state index contributed by atoms with van der Waals surface area (Å²) in [6.45, 7) is 2.72. The number of likely N-dealkylation sites (tertiary alicyclic amines) is 1. The fraction of sp³-hybridized carbons (Fsp3) is 0.333. The van der Waals surface area contributed by atoms with Gasteiger partial charge in [-0.1, -0.05) is 30.3 Å². The Morgan fingerprint density at radius 2 is 2.25 bits per heavy atom. The van der Waals surface area contributed by atoms with E-state index >= 15 is 0 Å². The predicted molar refractivity (Wildman–Crippen MR) is 80.6 cm³/mol. The Bertz CT molecular complexity index is 556. The molecule has 1 saturated heterocycles. The molecule has 0 bridgehead atoms. The summed E-state index contributed by atoms with van der Waals surface area (Å²) in [6, 6.07) is 10.4. The van der Waals surface area contributed by atoms with Crippen LogP contribution in [-0.2, 0) is 11.3 Å². The van der Waals surface area contributed by atoms with Crippen LogP contribution in [-0.4, -0.2) is 28.9 Å². The largest absolute Gasteiger partial charge is 0.302 e. The van der Waals surface area contributed by atoms with Crippen LogP contribution >= 0.6 is 11.3 Å². The summed E-state index contributed by atoms with van der Waals surface area (Å²) in [5.74, 6) is 0.165. The van der Waals surface area contributed by atoms with Gasteiger partial charge in [-0.25, -0.2) is 4.98 Å². The highest BCUT2D eigenvalue weighted by atomic mass is 32.1. The van der Waals surface area contributed by atoms with E-state index in [1.165, 1.54) is 16.9 Å². The zero-order valence-electron chi connectivity index (χ0n) is 11.2. The molecule has 2 aromatic rings. The van der Waals surface area contributed by atoms with E-state index in [1.54, 1.807) is 6.20 Å². The average molecular weight is 287 g/mol. The first-order chi connectivity index (χ1) is 9.81. The third kappa shape index (κ3) is 3.23. The molecule has 1 fully saturated rings. The number of hydrogen-bond donors (Lipinski definition) is 1. The molecule has 0 saturated carbocycles. The Hall–Kier alpha value is -1.72. The van der Waals surface area contributed by atoms with Gasteiger partial charge in [0, 0.05) is 24.7 Å². The highest BCUT2D eigenvalue weighted by molar-refractivity contribution is 7.13. The SMILES string of the molecule is O=C(Nc1nccs1)C1CCN(Cc2ccccc2)C1. The highest BCUT2D eigenvalue weighted by Gasteiger charge is 2.28. The molecule has 1 aliphatic heterocycles. The maximum atomic E-state index is 12.1. The van der Waals surface area contributed by atoms with Gasteiger partial charge in [-0.2, -0.15) is 0 Å². The van der Waals surface area contributed by atoms with E-state index in [0.29, 0.717) is 5.13 Å². The average Bonchev–Trinajstić information content (AvgIpc) is 3.11. The van der Waals surface area contributed by atoms with Crippen LogP contribution in [0.1, 0.15) is 12.0 Å². The number of aromatic nitrogens is 1. The highest BCUT2D eigenvalue weighted by Crippen LogP contribution is 2.21. The minimum atomic E-state index is 0.0719. The van der Waals surface area contributed by atoms with Crippen molar-refractivity contribution in [3.63, 3.8) is 0 Å². The van der Waals surface area contributed by atoms with Crippen molar-refractivity contribution in [3.05, 3.63) is 47.5 Å². The van der Waals surface area contributed by atoms with Gasteiger partial charge < -0.3 is 5.32 Å². The summed E-state index contributed by atoms with van der Waals surface area (Å²) in [4.78, 5) is 18.6. The van der Waals surface area contributed by atoms with E-state index in [9.17, 15) is 4.79 Å². The molecular weight excluding hydrogens is 270 g/mol. The minimum absolute atomic E-state index is 0.0719. The van der Waals surface area contributed by atoms with Gasteiger partial charge in [0.2, 0.25) is 5.91 Å². The zero-order chi connectivity index (χ0) is 13.8. The van der Waals surface area contributed by atoms with Crippen LogP contribution in [0.25, 0.3) is 0 Å². The number of nitrogens with zero attached hydrogens (tertiary/aromatic N) is 2. The van der Waals surface area contributed by atoms with Gasteiger partial charge in [-0.15, -0.1) is 11.3 Å². The summed E-state index contributed by atoms with van der Waals surface area (Å²) >= 11 is 1.46. The molecule has 2 heterocycles. The number of carbonyl (C=O) groups is 1. The van der Waals surface area contributed by atoms with E-state index in [0.717, 1.165) is 26.1 Å². The second kappa shape index (κ2) is 6.15. The van der Waals surface area contributed by atoms with Crippen molar-refractivity contribution in [1.29, 1.82) is 0 Å². The van der Waals surface area contributed by atoms with Crippen LogP contribution in [0.15, 0.2) is 41.9 Å². The molecule has 0 spiro atoms. The summed E-state index contributed by atoms with van der Waals surface area (Å²) < 4.78 is 0. The molecule has 1 aliphatic rings. The van der Waals surface area contributed by atoms with Crippen molar-refractivity contribution in [3.8, 4) is 0 Å². The maximum absolute atomic E-state index is 12.1. The molecule has 5 heteroatoms. The topological polar surface area (TPSA) is 45.2 Å². The monoisotopic (exact) mass is 287 g/mol. The molecule has 20 heavy (non-hydrogen) atoms. The van der Waals surface area contributed by atoms with Crippen LogP contribution in [0.4, 0.5) is 5.13 Å². The second-order valence-electron chi connectivity index (χ2n) is 5.03. The minimum Gasteiger partial charge on any atom is -0.302 e. The van der Waals surface area contributed by atoms with Crippen molar-refractivity contribution >= 4 is 22.4 Å². The van der Waals surface area contributed by atoms with Crippen LogP contribution in [0, 0.1) is 5.92 Å². The van der Waals surface area contributed by atoms with Gasteiger partial charge in [0.15, 0.2) is 5.13 Å². The van der Waals surface area contributed by atoms with Crippen LogP contribution < -0.4 is 5.32 Å². The number of carbonyl (C=O) groups excluding carboxylic acids is 1. The third-order valence-electron chi connectivity index (χ3n) is 3.55. The second-order valence-corrected chi connectivity index (χ2v) is 5.93. The van der Waals surface area contributed by atoms with Gasteiger partial charge >= 0.3 is 0 Å². The number of nitrogens with one attached hydrogen (secondary N) is 1. The first kappa shape index (κ1) is 13.3. The van der Waals surface area contributed by atoms with Gasteiger partial charge in [-0.05, 0) is 18.5 Å². The van der Waals surface area contributed by atoms with Crippen molar-refractivity contribution in [1.82, 2.24) is 9.88 Å². The van der Waals surface area contributed by atoms with Crippen molar-refractivity contribution in [2.45, 2.75) is 13.0 Å². The predicted octanol–water partition coefficient (Wildman–Crippen LogP) is 2.60. The molecule has 1 aromatic carbocycles. The summed E-state index contributed by atoms with van der Waals surface area (Å²) in [6.07, 6.45) is 2.63. The van der Waals surface area contributed by atoms with E-state index < -0.39 is 0 Å². The lowest BCUT2D eigenvalue weighted by Gasteiger charge is -2.15. The zero-order valence-corrected chi connectivity index (χ0v) is 12.0. The number of anilines is 1. The van der Waals surface area contributed by atoms with E-state index in [1.807, 2.05) is 11.4 Å². The Balaban J connectivity index is 1.53. The Kier molecular flexibility index (Phi) is 4.08. The Morgan fingerprint density at radius 1 is 1.40 bits per heavy atom. The number of hydrogen-bond acceptors (Lipinski definition) is 4. The number of thiazole rings is 1. The standard InChI is InChI=1S/C15H17N3OS/c19-14(17-15-16-7-9-20-15)13-6-8-18(11-13)10-12-4-2-1-3-5-12/h1-5,7,9,13H,6,8,10-11H2,(H,16,17,19). The normalized spacial score (nSPS) is 19.1. The van der Waals surface area contributed by atoms with Crippen LogP contribution in [0.3, 0.4) is 0 Å². The van der Waals surface area contributed by atoms with E-state index in [-0.39, 0.29) is 11.8 Å². The lowest BCUT2D eigenvalue weighted by molar-refractivity contribution is -0.119. The Labute approximate surface area is 122 Å². The van der Waals surface area contributed by atoms with Crippen molar-refractivity contribution in [2.75, 3.05) is 18.4 Å². The Morgan fingerprint density at radius 3 is 3.00 bits per heavy atom. The molecule has 1 N–H and O–H groups in total. The lowest BCUT2D eigenvalue weighted by atomic mass is 10.1. The molecule has 0 aliphatic carbocycles. The molecule has 1 atom stereocenters. The first-order valence-corrected chi connectivity index (χ1v) is 7.66. The molecule has 3 rings (SSSR count). The first-order valence-electron chi connectivity index (χ1n) is 6.78. The molecule has 1 unspecified atom stereocenters. The molecule has 0 radical (unpaired) electrons. The quantitative estimate of drug-likeness (QED) is 0.940. The summed E-state index contributed by atoms with van der Waals surface area (Å²) in [7, 11) is 0. The van der Waals surface area contributed by atoms with Gasteiger partial charge in [0.05, 0.1) is 5.92 Å². The van der Waals surface area contributed by atoms with Crippen molar-refractivity contribution in [2.24, 2.45) is 5.92 Å². The number of rotatable bonds is 4. The van der Waals surface area contributed by atoms with E-state index in [4.69, 9.17) is 0 Å². The smallest absolute Gasteiger partial charge is 0.230 e. The molecule has 104 valence electrons. The van der Waals surface area contributed by atoms with E-state index in [2.05, 4.69) is 39.5 Å². The van der Waals surface area contributed by atoms with Crippen molar-refractivity contribution < 1.29 is 4.79 Å². The fourth-order valence-electron chi connectivity index (χ4n) is 2.52. The number of benzene rings is 1. The van der Waals surface area contributed by atoms with Gasteiger partial charge in [-0.3, -0.25) is 9.69 Å². The fourth-order valence-corrected chi connectivity index (χ4v) is 3.06. The maximum Gasteiger partial charge on any atom is 0.230 e. The van der Waals surface area contributed by atoms with Gasteiger partial charge in [0.1, 0.15) is 0 Å². The summed E-state index contributed by atoms with van der Waals surface area (Å²) in [5, 5.41) is 5.45. The van der Waals surface area contributed by atoms with Gasteiger partial charge in [0.25, 0.3) is 0 Å². The lowest BCUT2D eigenvalue weighted by Crippen LogP contribution is -2.26. The molecule has 1 aromatic heterocycles. The number of amides is 1. The van der Waals surface area contributed by atoms with Crippen LogP contribution in [0.5, 0.6) is 0 Å². The molecule has 4 nitrogen and oxygen atoms in total. The van der Waals surface area contributed by atoms with Crippen LogP contribution in [0.2, 0.25) is 0 Å². The summed E-state index contributed by atoms with van der Waals surface area (Å²) in [5.41, 5.74) is 1.30. The molecule has 1 amide bonds. The third-order valence-corrected chi connectivity index (χ3v) is 4.24.